The number of rotatable bonds is 0. The topological polar surface area (TPSA) is 34.0 Å². The highest BCUT2D eigenvalue weighted by molar-refractivity contribution is 8.82. The van der Waals surface area contributed by atoms with Gasteiger partial charge in [-0.05, 0) is 6.42 Å². The van der Waals surface area contributed by atoms with E-state index >= 15 is 0 Å². The Morgan fingerprint density at radius 1 is 1.38 bits per heavy atom. The van der Waals surface area contributed by atoms with E-state index in [4.69, 9.17) is 4.28 Å². The maximum absolute atomic E-state index is 5.34. The van der Waals surface area contributed by atoms with Crippen LogP contribution in [-0.4, -0.2) is 16.3 Å². The smallest absolute Gasteiger partial charge is 0.118 e. The van der Waals surface area contributed by atoms with Crippen LogP contribution in [0.5, 0.6) is 0 Å². The van der Waals surface area contributed by atoms with Gasteiger partial charge in [-0.3, -0.25) is 0 Å². The minimum absolute atomic E-state index is 0.192. The zero-order chi connectivity index (χ0) is 9.00. The summed E-state index contributed by atoms with van der Waals surface area (Å²) in [6.45, 7) is 4.46. The SMILES string of the molecule is CC1CC(C)C2=NSS3=C2C1=NO3. The lowest BCUT2D eigenvalue weighted by Crippen LogP contribution is -2.37. The van der Waals surface area contributed by atoms with Crippen LogP contribution in [-0.2, 0) is 4.28 Å². The van der Waals surface area contributed by atoms with Crippen molar-refractivity contribution in [3.8, 4) is 0 Å². The zero-order valence-electron chi connectivity index (χ0n) is 7.48. The Hall–Kier alpha value is -0.290. The van der Waals surface area contributed by atoms with Crippen LogP contribution in [0, 0.1) is 11.8 Å². The summed E-state index contributed by atoms with van der Waals surface area (Å²) in [5.74, 6) is 1.12. The Bertz CT molecular complexity index is 340. The lowest BCUT2D eigenvalue weighted by atomic mass is 9.80. The molecule has 13 heavy (non-hydrogen) atoms. The zero-order valence-corrected chi connectivity index (χ0v) is 9.11. The molecule has 0 aromatic carbocycles. The first-order valence-electron chi connectivity index (χ1n) is 4.40. The van der Waals surface area contributed by atoms with Crippen molar-refractivity contribution >= 4 is 37.1 Å². The lowest BCUT2D eigenvalue weighted by Gasteiger charge is -2.24. The van der Waals surface area contributed by atoms with Gasteiger partial charge in [-0.1, -0.05) is 19.0 Å². The second kappa shape index (κ2) is 2.60. The molecule has 3 unspecified atom stereocenters. The quantitative estimate of drug-likeness (QED) is 0.352. The van der Waals surface area contributed by atoms with Gasteiger partial charge in [0, 0.05) is 11.8 Å². The van der Waals surface area contributed by atoms with Crippen molar-refractivity contribution in [1.29, 1.82) is 0 Å². The first kappa shape index (κ1) is 8.05. The second-order valence-electron chi connectivity index (χ2n) is 3.70. The highest BCUT2D eigenvalue weighted by atomic mass is 33.1. The van der Waals surface area contributed by atoms with E-state index < -0.39 is 0 Å². The molecule has 3 atom stereocenters. The highest BCUT2D eigenvalue weighted by Crippen LogP contribution is 2.48. The van der Waals surface area contributed by atoms with Gasteiger partial charge in [0.1, 0.15) is 15.5 Å². The van der Waals surface area contributed by atoms with E-state index in [1.54, 1.807) is 0 Å². The number of nitrogens with zero attached hydrogens (tertiary/aromatic N) is 2. The van der Waals surface area contributed by atoms with Crippen molar-refractivity contribution in [3.05, 3.63) is 0 Å². The van der Waals surface area contributed by atoms with Crippen molar-refractivity contribution in [1.82, 2.24) is 0 Å². The molecule has 3 aliphatic rings. The minimum atomic E-state index is -0.192. The highest BCUT2D eigenvalue weighted by Gasteiger charge is 2.41. The molecule has 0 saturated heterocycles. The molecule has 2 aliphatic heterocycles. The fourth-order valence-corrected chi connectivity index (χ4v) is 4.98. The predicted molar refractivity (Wildman–Crippen MR) is 59.1 cm³/mol. The van der Waals surface area contributed by atoms with Gasteiger partial charge in [0.25, 0.3) is 0 Å². The molecular formula is C8H10N2OS2. The second-order valence-corrected chi connectivity index (χ2v) is 6.42. The van der Waals surface area contributed by atoms with E-state index in [1.165, 1.54) is 21.6 Å². The van der Waals surface area contributed by atoms with Crippen LogP contribution >= 0.6 is 20.8 Å². The minimum Gasteiger partial charge on any atom is -0.317 e. The molecule has 3 nitrogen and oxygen atoms in total. The molecule has 1 aliphatic carbocycles. The average molecular weight is 214 g/mol. The third kappa shape index (κ3) is 0.972. The number of oxime groups is 1. The van der Waals surface area contributed by atoms with E-state index in [-0.39, 0.29) is 9.80 Å². The normalized spacial score (nSPS) is 41.1. The molecule has 1 fully saturated rings. The van der Waals surface area contributed by atoms with Crippen LogP contribution in [0.3, 0.4) is 0 Å². The van der Waals surface area contributed by atoms with Crippen molar-refractivity contribution in [2.45, 2.75) is 20.3 Å². The maximum atomic E-state index is 5.34. The largest absolute Gasteiger partial charge is 0.317 e. The Morgan fingerprint density at radius 2 is 2.15 bits per heavy atom. The Kier molecular flexibility index (Phi) is 1.61. The summed E-state index contributed by atoms with van der Waals surface area (Å²) in [5, 5.41) is 4.15. The molecule has 3 rings (SSSR count). The van der Waals surface area contributed by atoms with Crippen LogP contribution in [0.4, 0.5) is 0 Å². The van der Waals surface area contributed by atoms with Crippen LogP contribution in [0.1, 0.15) is 20.3 Å². The Labute approximate surface area is 83.3 Å². The van der Waals surface area contributed by atoms with Crippen LogP contribution in [0.2, 0.25) is 0 Å². The summed E-state index contributed by atoms with van der Waals surface area (Å²) in [7, 11) is 1.34. The van der Waals surface area contributed by atoms with Gasteiger partial charge in [0.2, 0.25) is 0 Å². The first-order valence-corrected chi connectivity index (χ1v) is 6.84. The van der Waals surface area contributed by atoms with Crippen LogP contribution in [0.15, 0.2) is 9.55 Å². The summed E-state index contributed by atoms with van der Waals surface area (Å²) in [5.41, 5.74) is 2.40. The molecule has 0 aromatic rings. The monoisotopic (exact) mass is 214 g/mol. The van der Waals surface area contributed by atoms with E-state index in [0.717, 1.165) is 12.1 Å². The predicted octanol–water partition coefficient (Wildman–Crippen LogP) is 2.42. The van der Waals surface area contributed by atoms with Crippen LogP contribution in [0.25, 0.3) is 0 Å². The standard InChI is InChI=1S/C8H10N2OS2/c1-4-3-5(2)7-8-6(4)9-11-13(8)12-10-7/h4-5H,3H2,1-2H3. The fraction of sp³-hybridized carbons (Fsp3) is 0.625. The van der Waals surface area contributed by atoms with Gasteiger partial charge < -0.3 is 4.28 Å². The maximum Gasteiger partial charge on any atom is 0.118 e. The molecule has 70 valence electrons. The van der Waals surface area contributed by atoms with Gasteiger partial charge in [-0.25, -0.2) is 4.40 Å². The third-order valence-electron chi connectivity index (χ3n) is 2.68. The summed E-state index contributed by atoms with van der Waals surface area (Å²) < 4.78 is 9.80. The molecule has 0 N–H and O–H groups in total. The van der Waals surface area contributed by atoms with Crippen molar-refractivity contribution in [3.63, 3.8) is 0 Å². The first-order chi connectivity index (χ1) is 6.27. The summed E-state index contributed by atoms with van der Waals surface area (Å²) >= 11 is 0. The van der Waals surface area contributed by atoms with Crippen LogP contribution < -0.4 is 0 Å². The van der Waals surface area contributed by atoms with E-state index in [0.29, 0.717) is 11.8 Å². The molecule has 0 aromatic heterocycles. The molecule has 0 amide bonds. The molecule has 1 saturated carbocycles. The van der Waals surface area contributed by atoms with Gasteiger partial charge >= 0.3 is 0 Å². The van der Waals surface area contributed by atoms with Crippen molar-refractivity contribution in [2.75, 3.05) is 0 Å². The number of hydrogen-bond acceptors (Lipinski definition) is 4. The molecule has 2 heterocycles. The molecule has 5 heteroatoms. The van der Waals surface area contributed by atoms with E-state index in [2.05, 4.69) is 23.4 Å². The van der Waals surface area contributed by atoms with Gasteiger partial charge in [0.05, 0.1) is 21.6 Å². The van der Waals surface area contributed by atoms with Gasteiger partial charge in [-0.15, -0.1) is 0 Å². The summed E-state index contributed by atoms with van der Waals surface area (Å²) in [6.07, 6.45) is 1.16. The summed E-state index contributed by atoms with van der Waals surface area (Å²) in [4.78, 5) is 1.30. The van der Waals surface area contributed by atoms with E-state index in [1.807, 2.05) is 0 Å². The van der Waals surface area contributed by atoms with E-state index in [9.17, 15) is 0 Å². The third-order valence-corrected chi connectivity index (χ3v) is 5.36. The van der Waals surface area contributed by atoms with Gasteiger partial charge in [-0.2, -0.15) is 0 Å². The molecular weight excluding hydrogens is 204 g/mol. The number of hydrogen-bond donors (Lipinski definition) is 0. The Morgan fingerprint density at radius 3 is 3.00 bits per heavy atom. The molecule has 0 radical (unpaired) electrons. The summed E-state index contributed by atoms with van der Waals surface area (Å²) in [6, 6.07) is 0. The van der Waals surface area contributed by atoms with Crippen molar-refractivity contribution < 1.29 is 4.28 Å². The average Bonchev–Trinajstić information content (AvgIpc) is 2.60. The molecule has 0 bridgehead atoms. The Balaban J connectivity index is 2.13. The van der Waals surface area contributed by atoms with Gasteiger partial charge in [0.15, 0.2) is 0 Å². The fourth-order valence-electron chi connectivity index (χ4n) is 2.00. The molecule has 0 spiro atoms. The van der Waals surface area contributed by atoms with Crippen molar-refractivity contribution in [2.24, 2.45) is 21.4 Å². The lowest BCUT2D eigenvalue weighted by molar-refractivity contribution is 0.408.